The van der Waals surface area contributed by atoms with Gasteiger partial charge in [-0.1, -0.05) is 66.9 Å². The highest BCUT2D eigenvalue weighted by atomic mass is 35.6. The molecule has 4 atom stereocenters. The van der Waals surface area contributed by atoms with E-state index in [1.807, 2.05) is 0 Å². The smallest absolute Gasteiger partial charge is 0.325 e. The van der Waals surface area contributed by atoms with Gasteiger partial charge in [0.25, 0.3) is 11.5 Å². The molecule has 1 saturated heterocycles. The van der Waals surface area contributed by atoms with E-state index < -0.39 is 63.7 Å². The van der Waals surface area contributed by atoms with Crippen molar-refractivity contribution in [3.63, 3.8) is 0 Å². The predicted octanol–water partition coefficient (Wildman–Crippen LogP) is 3.08. The number of amides is 3. The minimum Gasteiger partial charge on any atom is -0.460 e. The van der Waals surface area contributed by atoms with Crippen LogP contribution in [0.1, 0.15) is 71.9 Å². The number of aliphatic hydroxyl groups is 1. The molecule has 4 unspecified atom stereocenters. The lowest BCUT2D eigenvalue weighted by atomic mass is 9.89. The highest BCUT2D eigenvalue weighted by Gasteiger charge is 2.35. The Balaban J connectivity index is 1.66. The summed E-state index contributed by atoms with van der Waals surface area (Å²) in [5.74, 6) is -2.23. The first-order valence-corrected chi connectivity index (χ1v) is 16.7. The molecule has 16 heteroatoms. The molecule has 1 aliphatic heterocycles. The lowest BCUT2D eigenvalue weighted by Gasteiger charge is -2.35. The number of benzene rings is 1. The van der Waals surface area contributed by atoms with Crippen molar-refractivity contribution < 1.29 is 29.0 Å². The van der Waals surface area contributed by atoms with Crippen LogP contribution in [-0.2, 0) is 31.0 Å². The first-order valence-electron chi connectivity index (χ1n) is 15.5. The van der Waals surface area contributed by atoms with E-state index in [2.05, 4.69) is 21.0 Å². The summed E-state index contributed by atoms with van der Waals surface area (Å²) in [5, 5.41) is 17.1. The topological polar surface area (TPSA) is 172 Å². The van der Waals surface area contributed by atoms with Crippen LogP contribution in [0, 0.1) is 11.3 Å². The molecular formula is C32H43Cl3N6O7. The molecule has 1 fully saturated rings. The zero-order valence-corrected chi connectivity index (χ0v) is 30.2. The van der Waals surface area contributed by atoms with Gasteiger partial charge in [0, 0.05) is 13.6 Å². The second kappa shape index (κ2) is 16.0. The maximum atomic E-state index is 13.4. The third-order valence-corrected chi connectivity index (χ3v) is 8.19. The Morgan fingerprint density at radius 3 is 2.42 bits per heavy atom. The maximum Gasteiger partial charge on any atom is 0.325 e. The van der Waals surface area contributed by atoms with Gasteiger partial charge in [-0.2, -0.15) is 0 Å². The summed E-state index contributed by atoms with van der Waals surface area (Å²) < 4.78 is 4.57. The molecule has 0 bridgehead atoms. The Labute approximate surface area is 294 Å². The fourth-order valence-electron chi connectivity index (χ4n) is 4.99. The Morgan fingerprint density at radius 2 is 1.81 bits per heavy atom. The van der Waals surface area contributed by atoms with Crippen LogP contribution in [0.4, 0.5) is 0 Å². The molecule has 48 heavy (non-hydrogen) atoms. The molecule has 264 valence electrons. The van der Waals surface area contributed by atoms with Crippen LogP contribution in [-0.4, -0.2) is 78.4 Å². The van der Waals surface area contributed by atoms with Crippen molar-refractivity contribution in [1.82, 2.24) is 30.6 Å². The molecule has 0 radical (unpaired) electrons. The molecule has 0 spiro atoms. The number of alkyl halides is 3. The minimum atomic E-state index is -1.77. The van der Waals surface area contributed by atoms with Gasteiger partial charge in [0.15, 0.2) is 0 Å². The van der Waals surface area contributed by atoms with Crippen molar-refractivity contribution in [2.24, 2.45) is 18.4 Å². The van der Waals surface area contributed by atoms with Crippen LogP contribution in [0.15, 0.2) is 29.1 Å². The number of fused-ring (bicyclic) bond motifs is 1. The zero-order valence-electron chi connectivity index (χ0n) is 28.0. The van der Waals surface area contributed by atoms with Crippen molar-refractivity contribution in [3.8, 4) is 0 Å². The quantitative estimate of drug-likeness (QED) is 0.200. The number of halogens is 3. The number of hydrogen-bond donors (Lipinski definition) is 4. The number of carbonyl (C=O) groups excluding carboxylic acids is 4. The lowest BCUT2D eigenvalue weighted by Crippen LogP contribution is -2.61. The van der Waals surface area contributed by atoms with Crippen LogP contribution in [0.3, 0.4) is 0 Å². The number of carbonyl (C=O) groups is 4. The number of nitrogens with zero attached hydrogens (tertiary/aromatic N) is 3. The fraction of sp³-hybridized carbons (Fsp3) is 0.562. The summed E-state index contributed by atoms with van der Waals surface area (Å²) in [7, 11) is 1.55. The van der Waals surface area contributed by atoms with E-state index in [-0.39, 0.29) is 17.3 Å². The van der Waals surface area contributed by atoms with Crippen LogP contribution < -0.4 is 21.6 Å². The van der Waals surface area contributed by atoms with E-state index in [4.69, 9.17) is 39.5 Å². The number of nitrogens with one attached hydrogen (secondary N) is 3. The minimum absolute atomic E-state index is 0.233. The molecule has 13 nitrogen and oxygen atoms in total. The summed E-state index contributed by atoms with van der Waals surface area (Å²) in [4.78, 5) is 69.5. The summed E-state index contributed by atoms with van der Waals surface area (Å²) in [6.07, 6.45) is 3.36. The molecule has 0 saturated carbocycles. The highest BCUT2D eigenvalue weighted by Crippen LogP contribution is 2.26. The average molecular weight is 730 g/mol. The average Bonchev–Trinajstić information content (AvgIpc) is 3.01. The van der Waals surface area contributed by atoms with Crippen molar-refractivity contribution in [2.45, 2.75) is 82.4 Å². The van der Waals surface area contributed by atoms with Crippen LogP contribution in [0.25, 0.3) is 17.0 Å². The second-order valence-corrected chi connectivity index (χ2v) is 15.3. The normalized spacial score (nSPS) is 17.7. The lowest BCUT2D eigenvalue weighted by molar-refractivity contribution is -0.152. The van der Waals surface area contributed by atoms with Gasteiger partial charge in [0.05, 0.1) is 16.3 Å². The molecule has 1 aliphatic rings. The molecular weight excluding hydrogens is 687 g/mol. The van der Waals surface area contributed by atoms with Crippen molar-refractivity contribution in [3.05, 3.63) is 46.0 Å². The number of aliphatic hydroxyl groups excluding tert-OH is 1. The van der Waals surface area contributed by atoms with Crippen molar-refractivity contribution >= 4 is 75.5 Å². The van der Waals surface area contributed by atoms with E-state index in [9.17, 15) is 29.1 Å². The first kappa shape index (κ1) is 39.2. The van der Waals surface area contributed by atoms with Gasteiger partial charge in [-0.05, 0) is 64.2 Å². The summed E-state index contributed by atoms with van der Waals surface area (Å²) in [6.45, 7) is 9.82. The second-order valence-electron chi connectivity index (χ2n) is 12.8. The Hall–Kier alpha value is -3.23. The van der Waals surface area contributed by atoms with Gasteiger partial charge >= 0.3 is 5.97 Å². The van der Waals surface area contributed by atoms with Crippen molar-refractivity contribution in [2.75, 3.05) is 13.2 Å². The van der Waals surface area contributed by atoms with Gasteiger partial charge in [-0.25, -0.2) is 10.4 Å². The third kappa shape index (κ3) is 10.1. The SMILES string of the molecule is CC(NC(=O)C(NC(=O)C(C)(C)C=Cc1ccc2c(=O)n(C)c(C(C)O)nc2c1)C(C)C)C(=O)N1CCCC(C(=O)OCC(Cl)(Cl)Cl)N1. The van der Waals surface area contributed by atoms with E-state index in [0.717, 1.165) is 0 Å². The van der Waals surface area contributed by atoms with Gasteiger partial charge in [0.1, 0.15) is 36.7 Å². The molecule has 2 heterocycles. The van der Waals surface area contributed by atoms with Crippen molar-refractivity contribution in [1.29, 1.82) is 0 Å². The number of hydrazine groups is 1. The van der Waals surface area contributed by atoms with E-state index in [0.29, 0.717) is 35.9 Å². The first-order chi connectivity index (χ1) is 22.2. The largest absolute Gasteiger partial charge is 0.460 e. The fourth-order valence-corrected chi connectivity index (χ4v) is 5.16. The maximum absolute atomic E-state index is 13.4. The zero-order chi connectivity index (χ0) is 36.1. The molecule has 0 aliphatic carbocycles. The number of aromatic nitrogens is 2. The van der Waals surface area contributed by atoms with E-state index in [1.165, 1.54) is 23.4 Å². The van der Waals surface area contributed by atoms with Gasteiger partial charge in [-0.15, -0.1) is 0 Å². The molecule has 1 aromatic carbocycles. The molecule has 2 aromatic rings. The Morgan fingerprint density at radius 1 is 1.15 bits per heavy atom. The summed E-state index contributed by atoms with van der Waals surface area (Å²) in [5.41, 5.74) is 2.56. The Kier molecular flexibility index (Phi) is 13.1. The number of rotatable bonds is 11. The van der Waals surface area contributed by atoms with Crippen LogP contribution in [0.5, 0.6) is 0 Å². The predicted molar refractivity (Wildman–Crippen MR) is 184 cm³/mol. The van der Waals surface area contributed by atoms with Gasteiger partial charge in [0.2, 0.25) is 15.6 Å². The summed E-state index contributed by atoms with van der Waals surface area (Å²) in [6, 6.07) is 2.28. The van der Waals surface area contributed by atoms with Crippen LogP contribution >= 0.6 is 34.8 Å². The Bertz CT molecular complexity index is 1620. The van der Waals surface area contributed by atoms with Gasteiger partial charge in [-0.3, -0.25) is 33.5 Å². The number of hydrogen-bond acceptors (Lipinski definition) is 9. The number of esters is 1. The van der Waals surface area contributed by atoms with E-state index >= 15 is 0 Å². The van der Waals surface area contributed by atoms with E-state index in [1.54, 1.807) is 65.1 Å². The number of ether oxygens (including phenoxy) is 1. The molecule has 4 N–H and O–H groups in total. The van der Waals surface area contributed by atoms with Gasteiger partial charge < -0.3 is 20.5 Å². The molecule has 3 rings (SSSR count). The molecule has 3 amide bonds. The monoisotopic (exact) mass is 728 g/mol. The standard InChI is InChI=1S/C32H43Cl3N6O7/c1-17(2)24(26(43)36-18(3)27(44)41-14-8-9-22(39-41)29(46)48-16-32(33,34)35)38-30(47)31(5,6)13-12-20-10-11-21-23(15-20)37-25(19(4)42)40(7)28(21)45/h10-13,15,17-19,22,24,39,42H,8-9,14,16H2,1-7H3,(H,36,43)(H,38,47). The van der Waals surface area contributed by atoms with Crippen LogP contribution in [0.2, 0.25) is 0 Å². The highest BCUT2D eigenvalue weighted by molar-refractivity contribution is 6.67. The summed E-state index contributed by atoms with van der Waals surface area (Å²) >= 11 is 16.9. The third-order valence-electron chi connectivity index (χ3n) is 7.87. The molecule has 1 aromatic heterocycles.